The summed E-state index contributed by atoms with van der Waals surface area (Å²) in [6.45, 7) is 8.31. The number of benzene rings is 2. The average Bonchev–Trinajstić information content (AvgIpc) is 2.49. The minimum absolute atomic E-state index is 0.0399. The molecule has 0 heterocycles. The number of carbonyl (C=O) groups is 1. The van der Waals surface area contributed by atoms with Crippen molar-refractivity contribution in [1.29, 1.82) is 0 Å². The number of rotatable bonds is 5. The average molecular weight is 295 g/mol. The maximum Gasteiger partial charge on any atom is 0.221 e. The molecule has 1 N–H and O–H groups in total. The van der Waals surface area contributed by atoms with Crippen LogP contribution < -0.4 is 5.32 Å². The van der Waals surface area contributed by atoms with E-state index in [2.05, 4.69) is 62.5 Å². The summed E-state index contributed by atoms with van der Waals surface area (Å²) in [4.78, 5) is 11.0. The minimum Gasteiger partial charge on any atom is -0.326 e. The maximum absolute atomic E-state index is 11.0. The van der Waals surface area contributed by atoms with Crippen LogP contribution in [0.5, 0.6) is 0 Å². The smallest absolute Gasteiger partial charge is 0.221 e. The van der Waals surface area contributed by atoms with Crippen molar-refractivity contribution in [2.75, 3.05) is 5.32 Å². The lowest BCUT2D eigenvalue weighted by Crippen LogP contribution is -2.15. The fourth-order valence-electron chi connectivity index (χ4n) is 2.42. The second-order valence-electron chi connectivity index (χ2n) is 6.49. The third-order valence-corrected chi connectivity index (χ3v) is 4.30. The first-order valence-corrected chi connectivity index (χ1v) is 7.86. The molecule has 0 radical (unpaired) electrons. The zero-order valence-corrected chi connectivity index (χ0v) is 13.9. The Bertz CT molecular complexity index is 624. The zero-order chi connectivity index (χ0) is 16.2. The Hall–Kier alpha value is -2.09. The molecule has 116 valence electrons. The molecule has 1 amide bonds. The summed E-state index contributed by atoms with van der Waals surface area (Å²) in [7, 11) is 0. The quantitative estimate of drug-likeness (QED) is 0.833. The number of carbonyl (C=O) groups excluding carboxylic acids is 1. The van der Waals surface area contributed by atoms with E-state index < -0.39 is 0 Å². The molecule has 0 aliphatic heterocycles. The third-order valence-electron chi connectivity index (χ3n) is 4.30. The van der Waals surface area contributed by atoms with E-state index in [1.54, 1.807) is 0 Å². The van der Waals surface area contributed by atoms with Crippen LogP contribution in [0.3, 0.4) is 0 Å². The van der Waals surface area contributed by atoms with Gasteiger partial charge in [-0.1, -0.05) is 57.2 Å². The van der Waals surface area contributed by atoms with Gasteiger partial charge in [0, 0.05) is 12.6 Å². The Morgan fingerprint density at radius 2 is 1.45 bits per heavy atom. The summed E-state index contributed by atoms with van der Waals surface area (Å²) in [6.07, 6.45) is 2.05. The van der Waals surface area contributed by atoms with Gasteiger partial charge in [0.2, 0.25) is 5.91 Å². The van der Waals surface area contributed by atoms with E-state index in [9.17, 15) is 4.79 Å². The lowest BCUT2D eigenvalue weighted by Gasteiger charge is -2.23. The molecule has 0 unspecified atom stereocenters. The fraction of sp³-hybridized carbons (Fsp3) is 0.350. The normalized spacial score (nSPS) is 11.3. The first kappa shape index (κ1) is 16.3. The number of hydrogen-bond donors (Lipinski definition) is 1. The topological polar surface area (TPSA) is 29.1 Å². The molecule has 2 aromatic rings. The summed E-state index contributed by atoms with van der Waals surface area (Å²) in [5.74, 6) is -0.0399. The van der Waals surface area contributed by atoms with Crippen LogP contribution in [-0.2, 0) is 16.6 Å². The van der Waals surface area contributed by atoms with Crippen LogP contribution in [0.2, 0.25) is 0 Å². The van der Waals surface area contributed by atoms with E-state index in [4.69, 9.17) is 0 Å². The van der Waals surface area contributed by atoms with Gasteiger partial charge in [-0.05, 0) is 47.1 Å². The lowest BCUT2D eigenvalue weighted by atomic mass is 9.82. The van der Waals surface area contributed by atoms with Crippen LogP contribution in [0.1, 0.15) is 50.8 Å². The van der Waals surface area contributed by atoms with Gasteiger partial charge >= 0.3 is 0 Å². The summed E-state index contributed by atoms with van der Waals surface area (Å²) in [5.41, 5.74) is 5.02. The molecular weight excluding hydrogens is 270 g/mol. The van der Waals surface area contributed by atoms with Crippen molar-refractivity contribution in [3.63, 3.8) is 0 Å². The number of amides is 1. The molecule has 0 spiro atoms. The first-order valence-electron chi connectivity index (χ1n) is 7.86. The predicted molar refractivity (Wildman–Crippen MR) is 93.3 cm³/mol. The SMILES string of the molecule is CCC(C)(C)c1ccc(Cc2ccc(NC(C)=O)cc2)cc1. The highest BCUT2D eigenvalue weighted by Gasteiger charge is 2.17. The molecule has 0 saturated carbocycles. The molecule has 0 atom stereocenters. The van der Waals surface area contributed by atoms with Crippen molar-refractivity contribution in [3.8, 4) is 0 Å². The molecule has 2 nitrogen and oxygen atoms in total. The van der Waals surface area contributed by atoms with Gasteiger partial charge in [-0.25, -0.2) is 0 Å². The number of hydrogen-bond acceptors (Lipinski definition) is 1. The molecule has 0 aliphatic carbocycles. The highest BCUT2D eigenvalue weighted by molar-refractivity contribution is 5.88. The second kappa shape index (κ2) is 6.78. The standard InChI is InChI=1S/C20H25NO/c1-5-20(3,4)18-10-6-16(7-11-18)14-17-8-12-19(13-9-17)21-15(2)22/h6-13H,5,14H2,1-4H3,(H,21,22). The molecule has 22 heavy (non-hydrogen) atoms. The molecule has 0 bridgehead atoms. The van der Waals surface area contributed by atoms with E-state index >= 15 is 0 Å². The molecule has 0 saturated heterocycles. The van der Waals surface area contributed by atoms with Gasteiger partial charge in [0.25, 0.3) is 0 Å². The van der Waals surface area contributed by atoms with Crippen LogP contribution in [-0.4, -0.2) is 5.91 Å². The molecule has 0 aliphatic rings. The van der Waals surface area contributed by atoms with Crippen LogP contribution in [0.4, 0.5) is 5.69 Å². The molecular formula is C20H25NO. The van der Waals surface area contributed by atoms with E-state index in [1.807, 2.05) is 12.1 Å². The van der Waals surface area contributed by atoms with Crippen molar-refractivity contribution < 1.29 is 4.79 Å². The van der Waals surface area contributed by atoms with Crippen molar-refractivity contribution >= 4 is 11.6 Å². The van der Waals surface area contributed by atoms with Gasteiger partial charge in [-0.15, -0.1) is 0 Å². The Morgan fingerprint density at radius 3 is 1.91 bits per heavy atom. The fourth-order valence-corrected chi connectivity index (χ4v) is 2.42. The maximum atomic E-state index is 11.0. The molecule has 2 heteroatoms. The zero-order valence-electron chi connectivity index (χ0n) is 13.9. The molecule has 2 aromatic carbocycles. The van der Waals surface area contributed by atoms with Crippen LogP contribution >= 0.6 is 0 Å². The largest absolute Gasteiger partial charge is 0.326 e. The van der Waals surface area contributed by atoms with E-state index in [-0.39, 0.29) is 11.3 Å². The van der Waals surface area contributed by atoms with Gasteiger partial charge < -0.3 is 5.32 Å². The summed E-state index contributed by atoms with van der Waals surface area (Å²) >= 11 is 0. The van der Waals surface area contributed by atoms with Crippen molar-refractivity contribution in [2.24, 2.45) is 0 Å². The van der Waals surface area contributed by atoms with Gasteiger partial charge in [-0.2, -0.15) is 0 Å². The highest BCUT2D eigenvalue weighted by atomic mass is 16.1. The molecule has 0 aromatic heterocycles. The Morgan fingerprint density at radius 1 is 0.955 bits per heavy atom. The third kappa shape index (κ3) is 4.20. The van der Waals surface area contributed by atoms with E-state index in [0.29, 0.717) is 0 Å². The Labute approximate surface area is 133 Å². The first-order chi connectivity index (χ1) is 10.4. The van der Waals surface area contributed by atoms with Crippen molar-refractivity contribution in [1.82, 2.24) is 0 Å². The number of anilines is 1. The molecule has 2 rings (SSSR count). The van der Waals surface area contributed by atoms with Crippen molar-refractivity contribution in [2.45, 2.75) is 46.0 Å². The van der Waals surface area contributed by atoms with Gasteiger partial charge in [0.1, 0.15) is 0 Å². The monoisotopic (exact) mass is 295 g/mol. The van der Waals surface area contributed by atoms with Crippen LogP contribution in [0.25, 0.3) is 0 Å². The minimum atomic E-state index is -0.0399. The van der Waals surface area contributed by atoms with E-state index in [1.165, 1.54) is 23.6 Å². The van der Waals surface area contributed by atoms with Gasteiger partial charge in [-0.3, -0.25) is 4.79 Å². The summed E-state index contributed by atoms with van der Waals surface area (Å²) in [5, 5.41) is 2.79. The lowest BCUT2D eigenvalue weighted by molar-refractivity contribution is -0.114. The Balaban J connectivity index is 2.06. The van der Waals surface area contributed by atoms with E-state index in [0.717, 1.165) is 18.5 Å². The van der Waals surface area contributed by atoms with Crippen LogP contribution in [0, 0.1) is 0 Å². The summed E-state index contributed by atoms with van der Waals surface area (Å²) < 4.78 is 0. The van der Waals surface area contributed by atoms with Gasteiger partial charge in [0.15, 0.2) is 0 Å². The summed E-state index contributed by atoms with van der Waals surface area (Å²) in [6, 6.07) is 16.9. The Kier molecular flexibility index (Phi) is 5.02. The van der Waals surface area contributed by atoms with Crippen LogP contribution in [0.15, 0.2) is 48.5 Å². The predicted octanol–water partition coefficient (Wildman–Crippen LogP) is 4.92. The van der Waals surface area contributed by atoms with Gasteiger partial charge in [0.05, 0.1) is 0 Å². The highest BCUT2D eigenvalue weighted by Crippen LogP contribution is 2.27. The second-order valence-corrected chi connectivity index (χ2v) is 6.49. The molecule has 0 fully saturated rings. The number of nitrogens with one attached hydrogen (secondary N) is 1. The van der Waals surface area contributed by atoms with Crippen molar-refractivity contribution in [3.05, 3.63) is 65.2 Å².